The summed E-state index contributed by atoms with van der Waals surface area (Å²) in [6, 6.07) is 9.95. The van der Waals surface area contributed by atoms with E-state index in [1.807, 2.05) is 56.0 Å². The zero-order valence-corrected chi connectivity index (χ0v) is 15.3. The molecule has 1 amide bonds. The van der Waals surface area contributed by atoms with E-state index in [2.05, 4.69) is 9.88 Å². The Bertz CT molecular complexity index is 737. The number of carbonyl (C=O) groups is 1. The van der Waals surface area contributed by atoms with Crippen molar-refractivity contribution in [3.8, 4) is 0 Å². The number of rotatable bonds is 4. The SMILES string of the molecule is Cc1nc(C)c(CN2CCN(C(=O)Cc3ccccc3)CC2)nc1C. The Balaban J connectivity index is 1.53. The summed E-state index contributed by atoms with van der Waals surface area (Å²) in [4.78, 5) is 26.1. The van der Waals surface area contributed by atoms with Crippen LogP contribution in [0.2, 0.25) is 0 Å². The van der Waals surface area contributed by atoms with Gasteiger partial charge in [0.2, 0.25) is 5.91 Å². The van der Waals surface area contributed by atoms with Crippen LogP contribution >= 0.6 is 0 Å². The maximum Gasteiger partial charge on any atom is 0.227 e. The third-order valence-corrected chi connectivity index (χ3v) is 4.88. The molecule has 0 spiro atoms. The van der Waals surface area contributed by atoms with Crippen LogP contribution in [0.4, 0.5) is 0 Å². The molecule has 5 nitrogen and oxygen atoms in total. The fraction of sp³-hybridized carbons (Fsp3) is 0.450. The van der Waals surface area contributed by atoms with Crippen molar-refractivity contribution < 1.29 is 4.79 Å². The molecule has 132 valence electrons. The summed E-state index contributed by atoms with van der Waals surface area (Å²) in [6.45, 7) is 10.2. The lowest BCUT2D eigenvalue weighted by Crippen LogP contribution is -2.48. The van der Waals surface area contributed by atoms with Crippen molar-refractivity contribution in [1.82, 2.24) is 19.8 Å². The minimum Gasteiger partial charge on any atom is -0.340 e. The Labute approximate surface area is 149 Å². The van der Waals surface area contributed by atoms with Crippen molar-refractivity contribution in [2.24, 2.45) is 0 Å². The first-order valence-corrected chi connectivity index (χ1v) is 8.87. The van der Waals surface area contributed by atoms with E-state index >= 15 is 0 Å². The summed E-state index contributed by atoms with van der Waals surface area (Å²) >= 11 is 0. The molecule has 0 atom stereocenters. The second kappa shape index (κ2) is 7.74. The molecule has 3 rings (SSSR count). The van der Waals surface area contributed by atoms with Gasteiger partial charge in [-0.1, -0.05) is 30.3 Å². The fourth-order valence-electron chi connectivity index (χ4n) is 3.16. The van der Waals surface area contributed by atoms with Crippen LogP contribution in [0.3, 0.4) is 0 Å². The Morgan fingerprint density at radius 3 is 2.24 bits per heavy atom. The highest BCUT2D eigenvalue weighted by molar-refractivity contribution is 5.78. The Kier molecular flexibility index (Phi) is 5.43. The average molecular weight is 338 g/mol. The van der Waals surface area contributed by atoms with Crippen LogP contribution in [0.15, 0.2) is 30.3 Å². The van der Waals surface area contributed by atoms with Gasteiger partial charge in [0, 0.05) is 32.7 Å². The number of aromatic nitrogens is 2. The Morgan fingerprint density at radius 1 is 0.920 bits per heavy atom. The smallest absolute Gasteiger partial charge is 0.227 e. The van der Waals surface area contributed by atoms with E-state index in [1.54, 1.807) is 0 Å². The Morgan fingerprint density at radius 2 is 1.56 bits per heavy atom. The molecule has 2 heterocycles. The third kappa shape index (κ3) is 4.42. The van der Waals surface area contributed by atoms with Gasteiger partial charge in [-0.2, -0.15) is 0 Å². The lowest BCUT2D eigenvalue weighted by molar-refractivity contribution is -0.132. The van der Waals surface area contributed by atoms with Gasteiger partial charge in [-0.25, -0.2) is 0 Å². The highest BCUT2D eigenvalue weighted by Gasteiger charge is 2.22. The molecule has 0 N–H and O–H groups in total. The van der Waals surface area contributed by atoms with Gasteiger partial charge < -0.3 is 4.90 Å². The molecule has 0 unspecified atom stereocenters. The van der Waals surface area contributed by atoms with Crippen LogP contribution in [0.1, 0.15) is 28.3 Å². The average Bonchev–Trinajstić information content (AvgIpc) is 2.61. The van der Waals surface area contributed by atoms with Crippen LogP contribution < -0.4 is 0 Å². The first-order chi connectivity index (χ1) is 12.0. The lowest BCUT2D eigenvalue weighted by Gasteiger charge is -2.34. The van der Waals surface area contributed by atoms with Gasteiger partial charge in [-0.05, 0) is 26.3 Å². The molecule has 1 aliphatic rings. The van der Waals surface area contributed by atoms with E-state index in [4.69, 9.17) is 4.98 Å². The third-order valence-electron chi connectivity index (χ3n) is 4.88. The van der Waals surface area contributed by atoms with E-state index in [9.17, 15) is 4.79 Å². The minimum atomic E-state index is 0.216. The lowest BCUT2D eigenvalue weighted by atomic mass is 10.1. The van der Waals surface area contributed by atoms with Crippen molar-refractivity contribution in [2.45, 2.75) is 33.7 Å². The van der Waals surface area contributed by atoms with Crippen LogP contribution in [0, 0.1) is 20.8 Å². The van der Waals surface area contributed by atoms with Crippen molar-refractivity contribution >= 4 is 5.91 Å². The van der Waals surface area contributed by atoms with Crippen molar-refractivity contribution in [1.29, 1.82) is 0 Å². The Hall–Kier alpha value is -2.27. The topological polar surface area (TPSA) is 49.3 Å². The summed E-state index contributed by atoms with van der Waals surface area (Å²) in [5, 5.41) is 0. The highest BCUT2D eigenvalue weighted by Crippen LogP contribution is 2.13. The summed E-state index contributed by atoms with van der Waals surface area (Å²) in [6.07, 6.45) is 0.489. The maximum absolute atomic E-state index is 12.5. The number of nitrogens with zero attached hydrogens (tertiary/aromatic N) is 4. The van der Waals surface area contributed by atoms with Gasteiger partial charge in [-0.3, -0.25) is 19.7 Å². The summed E-state index contributed by atoms with van der Waals surface area (Å²) in [5.74, 6) is 0.216. The second-order valence-corrected chi connectivity index (χ2v) is 6.75. The monoisotopic (exact) mass is 338 g/mol. The number of hydrogen-bond acceptors (Lipinski definition) is 4. The van der Waals surface area contributed by atoms with E-state index in [0.717, 1.165) is 61.1 Å². The van der Waals surface area contributed by atoms with Crippen molar-refractivity contribution in [3.05, 3.63) is 58.7 Å². The molecule has 1 saturated heterocycles. The van der Waals surface area contributed by atoms with Crippen LogP contribution in [0.25, 0.3) is 0 Å². The molecule has 1 aromatic heterocycles. The first kappa shape index (κ1) is 17.5. The fourth-order valence-corrected chi connectivity index (χ4v) is 3.16. The molecule has 25 heavy (non-hydrogen) atoms. The van der Waals surface area contributed by atoms with Gasteiger partial charge in [-0.15, -0.1) is 0 Å². The number of benzene rings is 1. The van der Waals surface area contributed by atoms with Gasteiger partial charge in [0.1, 0.15) is 0 Å². The number of hydrogen-bond donors (Lipinski definition) is 0. The summed E-state index contributed by atoms with van der Waals surface area (Å²) in [5.41, 5.74) is 5.13. The van der Waals surface area contributed by atoms with Crippen LogP contribution in [-0.4, -0.2) is 51.9 Å². The number of carbonyl (C=O) groups excluding carboxylic acids is 1. The minimum absolute atomic E-state index is 0.216. The molecular weight excluding hydrogens is 312 g/mol. The predicted molar refractivity (Wildman–Crippen MR) is 98.2 cm³/mol. The summed E-state index contributed by atoms with van der Waals surface area (Å²) in [7, 11) is 0. The van der Waals surface area contributed by atoms with Crippen LogP contribution in [0.5, 0.6) is 0 Å². The quantitative estimate of drug-likeness (QED) is 0.858. The van der Waals surface area contributed by atoms with E-state index in [1.165, 1.54) is 0 Å². The molecule has 2 aromatic rings. The van der Waals surface area contributed by atoms with Crippen molar-refractivity contribution in [2.75, 3.05) is 26.2 Å². The normalized spacial score (nSPS) is 15.4. The largest absolute Gasteiger partial charge is 0.340 e. The molecule has 1 aromatic carbocycles. The molecule has 5 heteroatoms. The molecular formula is C20H26N4O. The first-order valence-electron chi connectivity index (χ1n) is 8.87. The van der Waals surface area contributed by atoms with E-state index < -0.39 is 0 Å². The molecule has 1 fully saturated rings. The molecule has 1 aliphatic heterocycles. The number of aryl methyl sites for hydroxylation is 3. The van der Waals surface area contributed by atoms with Crippen LogP contribution in [-0.2, 0) is 17.8 Å². The molecule has 0 radical (unpaired) electrons. The molecule has 0 aliphatic carbocycles. The number of amides is 1. The van der Waals surface area contributed by atoms with Gasteiger partial charge in [0.05, 0.1) is 29.2 Å². The zero-order chi connectivity index (χ0) is 17.8. The molecule has 0 saturated carbocycles. The van der Waals surface area contributed by atoms with E-state index in [0.29, 0.717) is 6.42 Å². The standard InChI is InChI=1S/C20H26N4O/c1-15-16(2)22-19(17(3)21-15)14-23-9-11-24(12-10-23)20(25)13-18-7-5-4-6-8-18/h4-8H,9-14H2,1-3H3. The number of piperazine rings is 1. The zero-order valence-electron chi connectivity index (χ0n) is 15.3. The van der Waals surface area contributed by atoms with Gasteiger partial charge in [0.15, 0.2) is 0 Å². The maximum atomic E-state index is 12.5. The second-order valence-electron chi connectivity index (χ2n) is 6.75. The van der Waals surface area contributed by atoms with E-state index in [-0.39, 0.29) is 5.91 Å². The van der Waals surface area contributed by atoms with Crippen molar-refractivity contribution in [3.63, 3.8) is 0 Å². The predicted octanol–water partition coefficient (Wildman–Crippen LogP) is 2.29. The highest BCUT2D eigenvalue weighted by atomic mass is 16.2. The van der Waals surface area contributed by atoms with Gasteiger partial charge >= 0.3 is 0 Å². The van der Waals surface area contributed by atoms with Gasteiger partial charge in [0.25, 0.3) is 0 Å². The summed E-state index contributed by atoms with van der Waals surface area (Å²) < 4.78 is 0. The molecule has 0 bridgehead atoms.